The minimum atomic E-state index is -0.330. The van der Waals surface area contributed by atoms with Crippen molar-refractivity contribution in [3.05, 3.63) is 66.0 Å². The second kappa shape index (κ2) is 8.73. The summed E-state index contributed by atoms with van der Waals surface area (Å²) in [5.74, 6) is 0.486. The number of halogens is 1. The van der Waals surface area contributed by atoms with Gasteiger partial charge in [0, 0.05) is 23.4 Å². The van der Waals surface area contributed by atoms with E-state index in [1.165, 1.54) is 35.6 Å². The van der Waals surface area contributed by atoms with Crippen molar-refractivity contribution in [2.24, 2.45) is 0 Å². The largest absolute Gasteiger partial charge is 0.330 e. The number of aromatic nitrogens is 2. The number of carbonyl (C=O) groups excluding carboxylic acids is 1. The Morgan fingerprint density at radius 2 is 1.84 bits per heavy atom. The van der Waals surface area contributed by atoms with Crippen LogP contribution in [0.15, 0.2) is 58.9 Å². The van der Waals surface area contributed by atoms with Gasteiger partial charge in [-0.1, -0.05) is 41.3 Å². The van der Waals surface area contributed by atoms with Crippen molar-refractivity contribution in [3.63, 3.8) is 0 Å². The summed E-state index contributed by atoms with van der Waals surface area (Å²) in [6.07, 6.45) is 1.18. The van der Waals surface area contributed by atoms with E-state index in [1.54, 1.807) is 11.8 Å². The van der Waals surface area contributed by atoms with Crippen LogP contribution >= 0.6 is 23.1 Å². The van der Waals surface area contributed by atoms with Gasteiger partial charge in [0.15, 0.2) is 10.1 Å². The highest BCUT2D eigenvalue weighted by Crippen LogP contribution is 2.28. The lowest BCUT2D eigenvalue weighted by Crippen LogP contribution is -1.99. The lowest BCUT2D eigenvalue weighted by atomic mass is 10.1. The maximum Gasteiger partial charge on any atom is 0.210 e. The van der Waals surface area contributed by atoms with Crippen molar-refractivity contribution in [1.82, 2.24) is 10.2 Å². The van der Waals surface area contributed by atoms with Gasteiger partial charge in [-0.15, -0.1) is 10.2 Å². The fraction of sp³-hybridized carbons (Fsp3) is 0.167. The Morgan fingerprint density at radius 3 is 2.60 bits per heavy atom. The van der Waals surface area contributed by atoms with E-state index in [2.05, 4.69) is 15.5 Å². The number of benzene rings is 2. The molecule has 0 bridgehead atoms. The maximum atomic E-state index is 12.9. The zero-order valence-electron chi connectivity index (χ0n) is 13.3. The average molecular weight is 373 g/mol. The Morgan fingerprint density at radius 1 is 1.08 bits per heavy atom. The van der Waals surface area contributed by atoms with Gasteiger partial charge in [-0.2, -0.15) is 0 Å². The Hall–Kier alpha value is -2.25. The highest BCUT2D eigenvalue weighted by molar-refractivity contribution is 8.01. The van der Waals surface area contributed by atoms with E-state index >= 15 is 0 Å². The molecule has 0 atom stereocenters. The first-order valence-corrected chi connectivity index (χ1v) is 9.58. The van der Waals surface area contributed by atoms with E-state index < -0.39 is 0 Å². The van der Waals surface area contributed by atoms with E-state index in [1.807, 2.05) is 30.3 Å². The van der Waals surface area contributed by atoms with Gasteiger partial charge in [-0.05, 0) is 42.8 Å². The molecule has 25 heavy (non-hydrogen) atoms. The standard InChI is InChI=1S/C18H16FN3OS2/c19-14-10-8-13(9-11-14)16(23)7-4-12-24-18-22-21-17(25-18)20-15-5-2-1-3-6-15/h1-3,5-6,8-11H,4,7,12H2,(H,20,21). The number of para-hydroxylation sites is 1. The van der Waals surface area contributed by atoms with Crippen LogP contribution in [0.1, 0.15) is 23.2 Å². The Kier molecular flexibility index (Phi) is 6.14. The molecule has 0 saturated heterocycles. The predicted molar refractivity (Wildman–Crippen MR) is 100 cm³/mol. The molecule has 7 heteroatoms. The molecule has 3 rings (SSSR count). The maximum absolute atomic E-state index is 12.9. The molecule has 1 heterocycles. The van der Waals surface area contributed by atoms with Crippen LogP contribution in [0.4, 0.5) is 15.2 Å². The average Bonchev–Trinajstić information content (AvgIpc) is 3.07. The van der Waals surface area contributed by atoms with Gasteiger partial charge in [-0.25, -0.2) is 4.39 Å². The van der Waals surface area contributed by atoms with Crippen molar-refractivity contribution < 1.29 is 9.18 Å². The molecule has 1 aromatic heterocycles. The van der Waals surface area contributed by atoms with Crippen molar-refractivity contribution in [3.8, 4) is 0 Å². The first-order valence-electron chi connectivity index (χ1n) is 7.78. The first kappa shape index (κ1) is 17.6. The number of hydrogen-bond donors (Lipinski definition) is 1. The molecular formula is C18H16FN3OS2. The Labute approximate surface area is 153 Å². The molecule has 0 amide bonds. The van der Waals surface area contributed by atoms with E-state index in [0.717, 1.165) is 27.3 Å². The molecule has 1 N–H and O–H groups in total. The van der Waals surface area contributed by atoms with Crippen LogP contribution in [0.3, 0.4) is 0 Å². The Bertz CT molecular complexity index is 822. The third-order valence-electron chi connectivity index (χ3n) is 3.37. The van der Waals surface area contributed by atoms with Gasteiger partial charge in [0.05, 0.1) is 0 Å². The monoisotopic (exact) mass is 373 g/mol. The molecule has 0 aliphatic rings. The third-order valence-corrected chi connectivity index (χ3v) is 5.43. The number of anilines is 2. The van der Waals surface area contributed by atoms with E-state index in [9.17, 15) is 9.18 Å². The van der Waals surface area contributed by atoms with Crippen molar-refractivity contribution in [2.45, 2.75) is 17.2 Å². The van der Waals surface area contributed by atoms with Crippen LogP contribution in [0.5, 0.6) is 0 Å². The second-order valence-corrected chi connectivity index (χ2v) is 7.57. The van der Waals surface area contributed by atoms with Crippen molar-refractivity contribution >= 4 is 39.7 Å². The van der Waals surface area contributed by atoms with Crippen LogP contribution in [0.25, 0.3) is 0 Å². The summed E-state index contributed by atoms with van der Waals surface area (Å²) in [6, 6.07) is 15.5. The normalized spacial score (nSPS) is 10.6. The number of Topliss-reactive ketones (excluding diaryl/α,β-unsaturated/α-hetero) is 1. The molecule has 2 aromatic carbocycles. The topological polar surface area (TPSA) is 54.9 Å². The van der Waals surface area contributed by atoms with Crippen LogP contribution in [0.2, 0.25) is 0 Å². The zero-order chi connectivity index (χ0) is 17.5. The van der Waals surface area contributed by atoms with Crippen LogP contribution < -0.4 is 5.32 Å². The molecule has 128 valence electrons. The summed E-state index contributed by atoms with van der Waals surface area (Å²) >= 11 is 3.07. The van der Waals surface area contributed by atoms with Gasteiger partial charge in [0.1, 0.15) is 5.82 Å². The van der Waals surface area contributed by atoms with E-state index in [0.29, 0.717) is 12.0 Å². The number of ketones is 1. The second-order valence-electron chi connectivity index (χ2n) is 5.25. The Balaban J connectivity index is 1.42. The predicted octanol–water partition coefficient (Wildman–Crippen LogP) is 5.18. The molecule has 0 fully saturated rings. The summed E-state index contributed by atoms with van der Waals surface area (Å²) in [7, 11) is 0. The quantitative estimate of drug-likeness (QED) is 0.335. The summed E-state index contributed by atoms with van der Waals surface area (Å²) in [5.41, 5.74) is 1.52. The van der Waals surface area contributed by atoms with Crippen LogP contribution in [-0.2, 0) is 0 Å². The minimum absolute atomic E-state index is 0.0318. The first-order chi connectivity index (χ1) is 12.2. The number of carbonyl (C=O) groups is 1. The number of nitrogens with one attached hydrogen (secondary N) is 1. The van der Waals surface area contributed by atoms with Gasteiger partial charge in [-0.3, -0.25) is 4.79 Å². The van der Waals surface area contributed by atoms with Gasteiger partial charge in [0.25, 0.3) is 0 Å². The van der Waals surface area contributed by atoms with Crippen molar-refractivity contribution in [1.29, 1.82) is 0 Å². The van der Waals surface area contributed by atoms with Gasteiger partial charge >= 0.3 is 0 Å². The minimum Gasteiger partial charge on any atom is -0.330 e. The SMILES string of the molecule is O=C(CCCSc1nnc(Nc2ccccc2)s1)c1ccc(F)cc1. The van der Waals surface area contributed by atoms with Gasteiger partial charge < -0.3 is 5.32 Å². The molecule has 0 aliphatic heterocycles. The highest BCUT2D eigenvalue weighted by atomic mass is 32.2. The van der Waals surface area contributed by atoms with Gasteiger partial charge in [0.2, 0.25) is 5.13 Å². The van der Waals surface area contributed by atoms with Crippen molar-refractivity contribution in [2.75, 3.05) is 11.1 Å². The third kappa shape index (κ3) is 5.37. The number of thioether (sulfide) groups is 1. The summed E-state index contributed by atoms with van der Waals surface area (Å²) in [4.78, 5) is 12.0. The number of hydrogen-bond acceptors (Lipinski definition) is 6. The van der Waals surface area contributed by atoms with Crippen LogP contribution in [-0.4, -0.2) is 21.7 Å². The smallest absolute Gasteiger partial charge is 0.210 e. The summed E-state index contributed by atoms with van der Waals surface area (Å²) < 4.78 is 13.7. The molecule has 0 radical (unpaired) electrons. The fourth-order valence-electron chi connectivity index (χ4n) is 2.14. The summed E-state index contributed by atoms with van der Waals surface area (Å²) in [5, 5.41) is 12.2. The molecule has 0 saturated carbocycles. The molecule has 0 spiro atoms. The fourth-order valence-corrected chi connectivity index (χ4v) is 3.92. The number of rotatable bonds is 8. The highest BCUT2D eigenvalue weighted by Gasteiger charge is 2.08. The molecular weight excluding hydrogens is 357 g/mol. The van der Waals surface area contributed by atoms with E-state index in [-0.39, 0.29) is 11.6 Å². The molecule has 0 unspecified atom stereocenters. The molecule has 0 aliphatic carbocycles. The zero-order valence-corrected chi connectivity index (χ0v) is 14.9. The lowest BCUT2D eigenvalue weighted by molar-refractivity contribution is 0.0982. The lowest BCUT2D eigenvalue weighted by Gasteiger charge is -2.01. The van der Waals surface area contributed by atoms with E-state index in [4.69, 9.17) is 0 Å². The number of nitrogens with zero attached hydrogens (tertiary/aromatic N) is 2. The molecule has 3 aromatic rings. The van der Waals surface area contributed by atoms with Crippen LogP contribution in [0, 0.1) is 5.82 Å². The molecule has 4 nitrogen and oxygen atoms in total. The summed E-state index contributed by atoms with van der Waals surface area (Å²) in [6.45, 7) is 0.